The fraction of sp³-hybridized carbons (Fsp3) is 0.375. The summed E-state index contributed by atoms with van der Waals surface area (Å²) >= 11 is 1.28. The van der Waals surface area contributed by atoms with Crippen LogP contribution in [0.2, 0.25) is 0 Å². The van der Waals surface area contributed by atoms with Gasteiger partial charge in [0, 0.05) is 5.75 Å². The van der Waals surface area contributed by atoms with Gasteiger partial charge in [-0.2, -0.15) is 0 Å². The molecule has 1 saturated heterocycles. The number of carbonyl (C=O) groups excluding carboxylic acids is 2. The van der Waals surface area contributed by atoms with Crippen molar-refractivity contribution in [2.45, 2.75) is 10.9 Å². The molecule has 0 radical (unpaired) electrons. The van der Waals surface area contributed by atoms with E-state index in [1.165, 1.54) is 17.8 Å². The van der Waals surface area contributed by atoms with E-state index in [4.69, 9.17) is 10.8 Å². The highest BCUT2D eigenvalue weighted by atomic mass is 32.2. The fourth-order valence-corrected chi connectivity index (χ4v) is 2.86. The minimum atomic E-state index is -1.56. The van der Waals surface area contributed by atoms with Crippen LogP contribution in [0.1, 0.15) is 0 Å². The lowest BCUT2D eigenvalue weighted by Gasteiger charge is -2.51. The van der Waals surface area contributed by atoms with Crippen LogP contribution >= 0.6 is 11.8 Å². The van der Waals surface area contributed by atoms with Gasteiger partial charge in [-0.1, -0.05) is 0 Å². The Labute approximate surface area is 89.1 Å². The van der Waals surface area contributed by atoms with Crippen molar-refractivity contribution >= 4 is 29.9 Å². The highest BCUT2D eigenvalue weighted by Gasteiger charge is 2.61. The number of aldehydes is 1. The SMILES string of the molecule is NC1(C=O)C(=O)N2C(C(=O)O)=CCSC21. The van der Waals surface area contributed by atoms with Crippen LogP contribution in [0.4, 0.5) is 0 Å². The molecule has 2 aliphatic rings. The zero-order valence-electron chi connectivity index (χ0n) is 7.54. The number of hydrogen-bond acceptors (Lipinski definition) is 5. The smallest absolute Gasteiger partial charge is 0.352 e. The van der Waals surface area contributed by atoms with E-state index in [0.717, 1.165) is 4.90 Å². The van der Waals surface area contributed by atoms with Gasteiger partial charge < -0.3 is 15.6 Å². The molecule has 7 heteroatoms. The van der Waals surface area contributed by atoms with E-state index in [1.54, 1.807) is 0 Å². The number of amides is 1. The van der Waals surface area contributed by atoms with Crippen molar-refractivity contribution in [2.24, 2.45) is 5.73 Å². The molecule has 2 unspecified atom stereocenters. The van der Waals surface area contributed by atoms with Crippen LogP contribution < -0.4 is 5.73 Å². The highest BCUT2D eigenvalue weighted by Crippen LogP contribution is 2.41. The van der Waals surface area contributed by atoms with Crippen molar-refractivity contribution in [1.29, 1.82) is 0 Å². The lowest BCUT2D eigenvalue weighted by Crippen LogP contribution is -2.78. The molecule has 0 aromatic carbocycles. The minimum Gasteiger partial charge on any atom is -0.477 e. The van der Waals surface area contributed by atoms with E-state index in [0.29, 0.717) is 12.0 Å². The van der Waals surface area contributed by atoms with Crippen LogP contribution in [-0.2, 0) is 14.4 Å². The number of rotatable bonds is 2. The summed E-state index contributed by atoms with van der Waals surface area (Å²) in [5.74, 6) is -1.40. The third-order valence-electron chi connectivity index (χ3n) is 2.44. The van der Waals surface area contributed by atoms with Gasteiger partial charge in [0.25, 0.3) is 5.91 Å². The van der Waals surface area contributed by atoms with Crippen molar-refractivity contribution in [3.05, 3.63) is 11.8 Å². The van der Waals surface area contributed by atoms with Crippen molar-refractivity contribution in [3.63, 3.8) is 0 Å². The van der Waals surface area contributed by atoms with Crippen molar-refractivity contribution in [3.8, 4) is 0 Å². The molecule has 2 atom stereocenters. The Kier molecular flexibility index (Phi) is 2.09. The van der Waals surface area contributed by atoms with E-state index < -0.39 is 22.8 Å². The van der Waals surface area contributed by atoms with Crippen molar-refractivity contribution in [1.82, 2.24) is 4.90 Å². The molecule has 1 amide bonds. The third-order valence-corrected chi connectivity index (χ3v) is 3.71. The van der Waals surface area contributed by atoms with Crippen LogP contribution in [0.25, 0.3) is 0 Å². The molecule has 0 aliphatic carbocycles. The van der Waals surface area contributed by atoms with Crippen LogP contribution in [-0.4, -0.2) is 44.8 Å². The molecular weight excluding hydrogens is 220 g/mol. The van der Waals surface area contributed by atoms with Crippen LogP contribution in [0.15, 0.2) is 11.8 Å². The monoisotopic (exact) mass is 228 g/mol. The summed E-state index contributed by atoms with van der Waals surface area (Å²) in [7, 11) is 0. The summed E-state index contributed by atoms with van der Waals surface area (Å²) in [6.07, 6.45) is 1.82. The number of fused-ring (bicyclic) bond motifs is 1. The first-order chi connectivity index (χ1) is 7.02. The number of β-lactam (4-membered cyclic amide) rings is 1. The van der Waals surface area contributed by atoms with Crippen molar-refractivity contribution < 1.29 is 19.5 Å². The Hall–Kier alpha value is -1.34. The lowest BCUT2D eigenvalue weighted by atomic mass is 9.90. The fourth-order valence-electron chi connectivity index (χ4n) is 1.63. The molecule has 0 saturated carbocycles. The number of nitrogens with two attached hydrogens (primary N) is 1. The summed E-state index contributed by atoms with van der Waals surface area (Å²) in [6.45, 7) is 0. The standard InChI is InChI=1S/C8H8N2O4S/c9-8(3-11)6(14)10-4(5(12)13)1-2-15-7(8)10/h1,3,7H,2,9H2,(H,12,13). The van der Waals surface area contributed by atoms with Gasteiger partial charge in [-0.05, 0) is 6.08 Å². The number of nitrogens with zero attached hydrogens (tertiary/aromatic N) is 1. The maximum absolute atomic E-state index is 11.5. The molecule has 2 rings (SSSR count). The average molecular weight is 228 g/mol. The van der Waals surface area contributed by atoms with Gasteiger partial charge >= 0.3 is 5.97 Å². The number of hydrogen-bond donors (Lipinski definition) is 2. The Balaban J connectivity index is 2.34. The first-order valence-electron chi connectivity index (χ1n) is 4.16. The first kappa shape index (κ1) is 10.2. The van der Waals surface area contributed by atoms with Gasteiger partial charge in [0.15, 0.2) is 11.8 Å². The molecule has 6 nitrogen and oxygen atoms in total. The number of thioether (sulfide) groups is 1. The molecule has 15 heavy (non-hydrogen) atoms. The van der Waals surface area contributed by atoms with Crippen LogP contribution in [0, 0.1) is 0 Å². The second-order valence-electron chi connectivity index (χ2n) is 3.31. The van der Waals surface area contributed by atoms with Gasteiger partial charge in [0.2, 0.25) is 0 Å². The number of carboxylic acids is 1. The summed E-state index contributed by atoms with van der Waals surface area (Å²) in [4.78, 5) is 34.1. The van der Waals surface area contributed by atoms with Gasteiger partial charge in [0.05, 0.1) is 0 Å². The Morgan fingerprint density at radius 3 is 3.00 bits per heavy atom. The maximum Gasteiger partial charge on any atom is 0.352 e. The molecular formula is C8H8N2O4S. The number of aliphatic carboxylic acids is 1. The molecule has 0 aromatic heterocycles. The maximum atomic E-state index is 11.5. The van der Waals surface area contributed by atoms with Gasteiger partial charge in [0.1, 0.15) is 11.1 Å². The molecule has 0 aromatic rings. The minimum absolute atomic E-state index is 0.0910. The summed E-state index contributed by atoms with van der Waals surface area (Å²) in [6, 6.07) is 0. The van der Waals surface area contributed by atoms with E-state index >= 15 is 0 Å². The average Bonchev–Trinajstić information content (AvgIpc) is 2.26. The van der Waals surface area contributed by atoms with E-state index in [9.17, 15) is 14.4 Å². The first-order valence-corrected chi connectivity index (χ1v) is 5.21. The van der Waals surface area contributed by atoms with Crippen molar-refractivity contribution in [2.75, 3.05) is 5.75 Å². The zero-order chi connectivity index (χ0) is 11.2. The largest absolute Gasteiger partial charge is 0.477 e. The van der Waals surface area contributed by atoms with Gasteiger partial charge in [-0.15, -0.1) is 11.8 Å². The van der Waals surface area contributed by atoms with Crippen LogP contribution in [0.3, 0.4) is 0 Å². The second kappa shape index (κ2) is 3.07. The third kappa shape index (κ3) is 1.13. The molecule has 0 bridgehead atoms. The van der Waals surface area contributed by atoms with Crippen LogP contribution in [0.5, 0.6) is 0 Å². The molecule has 2 heterocycles. The Morgan fingerprint density at radius 2 is 2.47 bits per heavy atom. The predicted molar refractivity (Wildman–Crippen MR) is 51.8 cm³/mol. The zero-order valence-corrected chi connectivity index (χ0v) is 8.36. The predicted octanol–water partition coefficient (Wildman–Crippen LogP) is -1.23. The van der Waals surface area contributed by atoms with Gasteiger partial charge in [-0.25, -0.2) is 4.79 Å². The normalized spacial score (nSPS) is 33.9. The summed E-state index contributed by atoms with van der Waals surface area (Å²) in [5, 5.41) is 8.24. The van der Waals surface area contributed by atoms with E-state index in [1.807, 2.05) is 0 Å². The molecule has 0 spiro atoms. The Morgan fingerprint density at radius 1 is 1.80 bits per heavy atom. The number of carboxylic acid groups (broad SMARTS) is 1. The topological polar surface area (TPSA) is 101 Å². The summed E-state index contributed by atoms with van der Waals surface area (Å²) < 4.78 is 0. The lowest BCUT2D eigenvalue weighted by molar-refractivity contribution is -0.156. The van der Waals surface area contributed by atoms with E-state index in [2.05, 4.69) is 0 Å². The van der Waals surface area contributed by atoms with E-state index in [-0.39, 0.29) is 5.70 Å². The second-order valence-corrected chi connectivity index (χ2v) is 4.42. The number of carbonyl (C=O) groups is 3. The summed E-state index contributed by atoms with van der Waals surface area (Å²) in [5.41, 5.74) is 3.92. The Bertz CT molecular complexity index is 394. The molecule has 2 aliphatic heterocycles. The van der Waals surface area contributed by atoms with Gasteiger partial charge in [-0.3, -0.25) is 9.69 Å². The highest BCUT2D eigenvalue weighted by molar-refractivity contribution is 8.00. The quantitative estimate of drug-likeness (QED) is 0.348. The molecule has 80 valence electrons. The molecule has 1 fully saturated rings. The molecule has 3 N–H and O–H groups in total.